The van der Waals surface area contributed by atoms with Crippen molar-refractivity contribution in [2.45, 2.75) is 33.1 Å². The van der Waals surface area contributed by atoms with Crippen LogP contribution in [-0.2, 0) is 4.79 Å². The maximum Gasteiger partial charge on any atom is 0.224 e. The standard InChI is InChI=1S/C16H26ClN3O/c1-16(2,9-10-18)8-7-15(21)19-12-5-6-14(20(3)4)13(17)11-12/h5-6,11H,7-10,18H2,1-4H3,(H,19,21). The van der Waals surface area contributed by atoms with Gasteiger partial charge in [0, 0.05) is 26.2 Å². The fraction of sp³-hybridized carbons (Fsp3) is 0.562. The van der Waals surface area contributed by atoms with Crippen molar-refractivity contribution in [3.63, 3.8) is 0 Å². The maximum atomic E-state index is 12.0. The first kappa shape index (κ1) is 17.8. The Kier molecular flexibility index (Phi) is 6.49. The molecule has 1 amide bonds. The highest BCUT2D eigenvalue weighted by Crippen LogP contribution is 2.28. The summed E-state index contributed by atoms with van der Waals surface area (Å²) in [5, 5.41) is 3.52. The van der Waals surface area contributed by atoms with Gasteiger partial charge < -0.3 is 16.0 Å². The fourth-order valence-corrected chi connectivity index (χ4v) is 2.49. The molecule has 0 saturated heterocycles. The van der Waals surface area contributed by atoms with Crippen LogP contribution >= 0.6 is 11.6 Å². The van der Waals surface area contributed by atoms with Gasteiger partial charge in [-0.25, -0.2) is 0 Å². The molecule has 1 rings (SSSR count). The molecule has 0 fully saturated rings. The summed E-state index contributed by atoms with van der Waals surface area (Å²) in [6.45, 7) is 4.92. The summed E-state index contributed by atoms with van der Waals surface area (Å²) in [5.41, 5.74) is 7.33. The van der Waals surface area contributed by atoms with Crippen LogP contribution in [0, 0.1) is 5.41 Å². The Bertz CT molecular complexity index is 486. The summed E-state index contributed by atoms with van der Waals surface area (Å²) in [4.78, 5) is 13.9. The quantitative estimate of drug-likeness (QED) is 0.810. The highest BCUT2D eigenvalue weighted by molar-refractivity contribution is 6.33. The van der Waals surface area contributed by atoms with E-state index in [2.05, 4.69) is 19.2 Å². The van der Waals surface area contributed by atoms with E-state index < -0.39 is 0 Å². The van der Waals surface area contributed by atoms with Gasteiger partial charge in [0.05, 0.1) is 10.7 Å². The minimum Gasteiger partial charge on any atom is -0.376 e. The largest absolute Gasteiger partial charge is 0.376 e. The van der Waals surface area contributed by atoms with E-state index in [1.807, 2.05) is 31.1 Å². The number of hydrogen-bond acceptors (Lipinski definition) is 3. The van der Waals surface area contributed by atoms with Gasteiger partial charge in [-0.1, -0.05) is 25.4 Å². The van der Waals surface area contributed by atoms with Crippen LogP contribution in [0.2, 0.25) is 5.02 Å². The van der Waals surface area contributed by atoms with Gasteiger partial charge in [0.15, 0.2) is 0 Å². The number of nitrogens with one attached hydrogen (secondary N) is 1. The number of anilines is 2. The molecule has 1 aromatic carbocycles. The molecule has 1 aromatic rings. The first-order chi connectivity index (χ1) is 9.75. The Balaban J connectivity index is 2.57. The first-order valence-corrected chi connectivity index (χ1v) is 7.60. The second kappa shape index (κ2) is 7.66. The number of rotatable bonds is 7. The minimum absolute atomic E-state index is 0.00812. The summed E-state index contributed by atoms with van der Waals surface area (Å²) < 4.78 is 0. The molecule has 0 aromatic heterocycles. The SMILES string of the molecule is CN(C)c1ccc(NC(=O)CCC(C)(C)CCN)cc1Cl. The third-order valence-electron chi connectivity index (χ3n) is 3.56. The van der Waals surface area contributed by atoms with Crippen molar-refractivity contribution in [3.8, 4) is 0 Å². The van der Waals surface area contributed by atoms with Crippen LogP contribution in [-0.4, -0.2) is 26.5 Å². The molecule has 0 radical (unpaired) electrons. The van der Waals surface area contributed by atoms with Gasteiger partial charge in [-0.15, -0.1) is 0 Å². The molecule has 0 spiro atoms. The lowest BCUT2D eigenvalue weighted by Gasteiger charge is -2.23. The third kappa shape index (κ3) is 5.94. The van der Waals surface area contributed by atoms with Crippen LogP contribution in [0.1, 0.15) is 33.1 Å². The Morgan fingerprint density at radius 3 is 2.52 bits per heavy atom. The summed E-state index contributed by atoms with van der Waals surface area (Å²) in [6, 6.07) is 5.54. The topological polar surface area (TPSA) is 58.4 Å². The molecule has 4 nitrogen and oxygen atoms in total. The van der Waals surface area contributed by atoms with Crippen LogP contribution in [0.25, 0.3) is 0 Å². The Morgan fingerprint density at radius 1 is 1.33 bits per heavy atom. The summed E-state index contributed by atoms with van der Waals surface area (Å²) in [5.74, 6) is 0.00812. The molecule has 0 saturated carbocycles. The van der Waals surface area contributed by atoms with Crippen molar-refractivity contribution >= 4 is 28.9 Å². The molecule has 0 aliphatic carbocycles. The zero-order valence-corrected chi connectivity index (χ0v) is 14.1. The molecular formula is C16H26ClN3O. The number of halogens is 1. The minimum atomic E-state index is 0.00812. The predicted octanol–water partition coefficient (Wildman–Crippen LogP) is 3.50. The zero-order chi connectivity index (χ0) is 16.0. The van der Waals surface area contributed by atoms with Crippen LogP contribution in [0.4, 0.5) is 11.4 Å². The molecule has 0 heterocycles. The van der Waals surface area contributed by atoms with Crippen molar-refractivity contribution in [3.05, 3.63) is 23.2 Å². The van der Waals surface area contributed by atoms with E-state index in [1.165, 1.54) is 0 Å². The van der Waals surface area contributed by atoms with Crippen molar-refractivity contribution in [2.75, 3.05) is 30.9 Å². The molecule has 0 aliphatic heterocycles. The lowest BCUT2D eigenvalue weighted by Crippen LogP contribution is -2.20. The van der Waals surface area contributed by atoms with E-state index in [4.69, 9.17) is 17.3 Å². The number of carbonyl (C=O) groups is 1. The maximum absolute atomic E-state index is 12.0. The van der Waals surface area contributed by atoms with Gasteiger partial charge in [-0.3, -0.25) is 4.79 Å². The summed E-state index contributed by atoms with van der Waals surface area (Å²) in [7, 11) is 3.86. The molecule has 21 heavy (non-hydrogen) atoms. The number of amides is 1. The van der Waals surface area contributed by atoms with Gasteiger partial charge >= 0.3 is 0 Å². The number of hydrogen-bond donors (Lipinski definition) is 2. The van der Waals surface area contributed by atoms with E-state index in [0.717, 1.165) is 24.2 Å². The lowest BCUT2D eigenvalue weighted by atomic mass is 9.84. The monoisotopic (exact) mass is 311 g/mol. The average molecular weight is 312 g/mol. The van der Waals surface area contributed by atoms with E-state index in [-0.39, 0.29) is 11.3 Å². The third-order valence-corrected chi connectivity index (χ3v) is 3.87. The van der Waals surface area contributed by atoms with Crippen molar-refractivity contribution < 1.29 is 4.79 Å². The Labute approximate surface area is 132 Å². The second-order valence-electron chi connectivity index (χ2n) is 6.31. The van der Waals surface area contributed by atoms with Gasteiger partial charge in [0.1, 0.15) is 0 Å². The zero-order valence-electron chi connectivity index (χ0n) is 13.4. The normalized spacial score (nSPS) is 11.3. The summed E-state index contributed by atoms with van der Waals surface area (Å²) >= 11 is 6.19. The molecular weight excluding hydrogens is 286 g/mol. The average Bonchev–Trinajstić information content (AvgIpc) is 2.36. The van der Waals surface area contributed by atoms with E-state index in [0.29, 0.717) is 18.0 Å². The van der Waals surface area contributed by atoms with Gasteiger partial charge in [-0.2, -0.15) is 0 Å². The molecule has 0 unspecified atom stereocenters. The van der Waals surface area contributed by atoms with Crippen molar-refractivity contribution in [1.29, 1.82) is 0 Å². The van der Waals surface area contributed by atoms with E-state index in [9.17, 15) is 4.79 Å². The van der Waals surface area contributed by atoms with Crippen LogP contribution in [0.3, 0.4) is 0 Å². The van der Waals surface area contributed by atoms with E-state index in [1.54, 1.807) is 6.07 Å². The first-order valence-electron chi connectivity index (χ1n) is 7.22. The number of nitrogens with zero attached hydrogens (tertiary/aromatic N) is 1. The Hall–Kier alpha value is -1.26. The molecule has 0 atom stereocenters. The van der Waals surface area contributed by atoms with Crippen molar-refractivity contribution in [1.82, 2.24) is 0 Å². The number of benzene rings is 1. The fourth-order valence-electron chi connectivity index (χ4n) is 2.14. The van der Waals surface area contributed by atoms with Crippen LogP contribution in [0.5, 0.6) is 0 Å². The number of carbonyl (C=O) groups excluding carboxylic acids is 1. The highest BCUT2D eigenvalue weighted by Gasteiger charge is 2.18. The van der Waals surface area contributed by atoms with Gasteiger partial charge in [0.25, 0.3) is 0 Å². The van der Waals surface area contributed by atoms with Crippen LogP contribution < -0.4 is 16.0 Å². The van der Waals surface area contributed by atoms with Gasteiger partial charge in [0.2, 0.25) is 5.91 Å². The highest BCUT2D eigenvalue weighted by atomic mass is 35.5. The molecule has 0 aliphatic rings. The smallest absolute Gasteiger partial charge is 0.224 e. The van der Waals surface area contributed by atoms with Gasteiger partial charge in [-0.05, 0) is 43.0 Å². The second-order valence-corrected chi connectivity index (χ2v) is 6.72. The van der Waals surface area contributed by atoms with E-state index >= 15 is 0 Å². The molecule has 5 heteroatoms. The summed E-state index contributed by atoms with van der Waals surface area (Å²) in [6.07, 6.45) is 2.23. The Morgan fingerprint density at radius 2 is 2.00 bits per heavy atom. The molecule has 3 N–H and O–H groups in total. The molecule has 118 valence electrons. The van der Waals surface area contributed by atoms with Crippen LogP contribution in [0.15, 0.2) is 18.2 Å². The van der Waals surface area contributed by atoms with Crippen molar-refractivity contribution in [2.24, 2.45) is 11.1 Å². The lowest BCUT2D eigenvalue weighted by molar-refractivity contribution is -0.116. The predicted molar refractivity (Wildman–Crippen MR) is 91.1 cm³/mol. The number of nitrogens with two attached hydrogens (primary N) is 1. The molecule has 0 bridgehead atoms.